The molecule has 2 rings (SSSR count). The Hall–Kier alpha value is -2.53. The number of aliphatic imine (C=N–C) groups is 1. The van der Waals surface area contributed by atoms with E-state index in [9.17, 15) is 4.79 Å². The van der Waals surface area contributed by atoms with Crippen LogP contribution in [0, 0.1) is 0 Å². The van der Waals surface area contributed by atoms with Crippen molar-refractivity contribution in [2.24, 2.45) is 10.7 Å². The van der Waals surface area contributed by atoms with Crippen molar-refractivity contribution < 1.29 is 9.53 Å². The molecule has 0 heterocycles. The first-order chi connectivity index (χ1) is 10.6. The maximum Gasteiger partial charge on any atom is 0.255 e. The standard InChI is InChI=1S/C16H16ClN3O2/c1-22-14-8-7-11(9-13(14)20-15(18)10-17)16(21)19-12-5-3-2-4-6-12/h2-9H,10H2,1H3,(H2,18,20)(H,19,21). The molecule has 0 radical (unpaired) electrons. The summed E-state index contributed by atoms with van der Waals surface area (Å²) in [6.07, 6.45) is 0. The van der Waals surface area contributed by atoms with Crippen LogP contribution < -0.4 is 15.8 Å². The number of amidine groups is 1. The van der Waals surface area contributed by atoms with Crippen LogP contribution >= 0.6 is 11.6 Å². The zero-order valence-electron chi connectivity index (χ0n) is 12.0. The second-order valence-electron chi connectivity index (χ2n) is 4.44. The lowest BCUT2D eigenvalue weighted by Gasteiger charge is -2.09. The number of rotatable bonds is 5. The Morgan fingerprint density at radius 3 is 2.64 bits per heavy atom. The molecule has 22 heavy (non-hydrogen) atoms. The molecule has 0 aliphatic rings. The molecule has 1 amide bonds. The maximum atomic E-state index is 12.3. The maximum absolute atomic E-state index is 12.3. The van der Waals surface area contributed by atoms with E-state index in [1.165, 1.54) is 7.11 Å². The van der Waals surface area contributed by atoms with Crippen molar-refractivity contribution in [1.29, 1.82) is 0 Å². The van der Waals surface area contributed by atoms with Gasteiger partial charge in [0.25, 0.3) is 5.91 Å². The van der Waals surface area contributed by atoms with E-state index in [2.05, 4.69) is 10.3 Å². The largest absolute Gasteiger partial charge is 0.494 e. The molecular weight excluding hydrogens is 302 g/mol. The van der Waals surface area contributed by atoms with Crippen molar-refractivity contribution in [3.05, 3.63) is 54.1 Å². The van der Waals surface area contributed by atoms with E-state index in [1.807, 2.05) is 30.3 Å². The van der Waals surface area contributed by atoms with Gasteiger partial charge in [-0.25, -0.2) is 4.99 Å². The number of para-hydroxylation sites is 1. The van der Waals surface area contributed by atoms with Crippen molar-refractivity contribution in [2.75, 3.05) is 18.3 Å². The molecule has 0 fully saturated rings. The van der Waals surface area contributed by atoms with Crippen LogP contribution in [0.2, 0.25) is 0 Å². The summed E-state index contributed by atoms with van der Waals surface area (Å²) in [5.41, 5.74) is 7.27. The number of amides is 1. The Balaban J connectivity index is 2.28. The smallest absolute Gasteiger partial charge is 0.255 e. The number of carbonyl (C=O) groups excluding carboxylic acids is 1. The van der Waals surface area contributed by atoms with Gasteiger partial charge in [-0.3, -0.25) is 4.79 Å². The molecule has 0 saturated carbocycles. The first-order valence-electron chi connectivity index (χ1n) is 6.57. The third kappa shape index (κ3) is 3.99. The summed E-state index contributed by atoms with van der Waals surface area (Å²) in [4.78, 5) is 16.4. The lowest BCUT2D eigenvalue weighted by molar-refractivity contribution is 0.102. The number of methoxy groups -OCH3 is 1. The number of hydrogen-bond acceptors (Lipinski definition) is 3. The first-order valence-corrected chi connectivity index (χ1v) is 7.11. The SMILES string of the molecule is COc1ccc(C(=O)Nc2ccccc2)cc1N=C(N)CCl. The summed E-state index contributed by atoms with van der Waals surface area (Å²) in [7, 11) is 1.52. The van der Waals surface area contributed by atoms with E-state index in [0.717, 1.165) is 0 Å². The van der Waals surface area contributed by atoms with Gasteiger partial charge in [-0.2, -0.15) is 0 Å². The molecule has 2 aromatic carbocycles. The second kappa shape index (κ2) is 7.47. The summed E-state index contributed by atoms with van der Waals surface area (Å²) in [6, 6.07) is 14.1. The van der Waals surface area contributed by atoms with E-state index in [0.29, 0.717) is 22.7 Å². The summed E-state index contributed by atoms with van der Waals surface area (Å²) >= 11 is 5.63. The lowest BCUT2D eigenvalue weighted by atomic mass is 10.1. The number of benzene rings is 2. The zero-order valence-corrected chi connectivity index (χ0v) is 12.8. The van der Waals surface area contributed by atoms with Crippen molar-refractivity contribution in [3.8, 4) is 5.75 Å². The van der Waals surface area contributed by atoms with Crippen LogP contribution in [0.5, 0.6) is 5.75 Å². The minimum absolute atomic E-state index is 0.101. The highest BCUT2D eigenvalue weighted by molar-refractivity contribution is 6.28. The van der Waals surface area contributed by atoms with E-state index in [4.69, 9.17) is 22.1 Å². The number of nitrogens with one attached hydrogen (secondary N) is 1. The second-order valence-corrected chi connectivity index (χ2v) is 4.71. The number of hydrogen-bond donors (Lipinski definition) is 2. The minimum atomic E-state index is -0.241. The Morgan fingerprint density at radius 2 is 2.00 bits per heavy atom. The Bertz CT molecular complexity index is 687. The summed E-state index contributed by atoms with van der Waals surface area (Å²) in [5.74, 6) is 0.628. The number of anilines is 1. The Kier molecular flexibility index (Phi) is 5.38. The molecule has 0 aliphatic carbocycles. The molecule has 114 valence electrons. The normalized spacial score (nSPS) is 11.1. The van der Waals surface area contributed by atoms with Gasteiger partial charge < -0.3 is 15.8 Å². The van der Waals surface area contributed by atoms with Crippen molar-refractivity contribution in [1.82, 2.24) is 0 Å². The predicted molar refractivity (Wildman–Crippen MR) is 89.4 cm³/mol. The van der Waals surface area contributed by atoms with E-state index in [-0.39, 0.29) is 17.6 Å². The quantitative estimate of drug-likeness (QED) is 0.505. The molecule has 0 atom stereocenters. The van der Waals surface area contributed by atoms with Crippen LogP contribution in [0.15, 0.2) is 53.5 Å². The number of halogens is 1. The highest BCUT2D eigenvalue weighted by atomic mass is 35.5. The molecule has 6 heteroatoms. The van der Waals surface area contributed by atoms with Crippen LogP contribution in [0.1, 0.15) is 10.4 Å². The topological polar surface area (TPSA) is 76.7 Å². The fourth-order valence-corrected chi connectivity index (χ4v) is 1.89. The van der Waals surface area contributed by atoms with Crippen LogP contribution in [-0.2, 0) is 0 Å². The molecular formula is C16H16ClN3O2. The zero-order chi connectivity index (χ0) is 15.9. The summed E-state index contributed by atoms with van der Waals surface area (Å²) in [5, 5.41) is 2.80. The monoisotopic (exact) mass is 317 g/mol. The van der Waals surface area contributed by atoms with Crippen molar-refractivity contribution in [3.63, 3.8) is 0 Å². The highest BCUT2D eigenvalue weighted by Gasteiger charge is 2.10. The van der Waals surface area contributed by atoms with Gasteiger partial charge >= 0.3 is 0 Å². The predicted octanol–water partition coefficient (Wildman–Crippen LogP) is 3.18. The summed E-state index contributed by atoms with van der Waals surface area (Å²) in [6.45, 7) is 0. The molecule has 0 unspecified atom stereocenters. The van der Waals surface area contributed by atoms with Gasteiger partial charge in [0, 0.05) is 11.3 Å². The molecule has 0 spiro atoms. The third-order valence-electron chi connectivity index (χ3n) is 2.87. The molecule has 0 saturated heterocycles. The van der Waals surface area contributed by atoms with Gasteiger partial charge in [0.2, 0.25) is 0 Å². The molecule has 0 aromatic heterocycles. The van der Waals surface area contributed by atoms with Crippen LogP contribution in [0.25, 0.3) is 0 Å². The van der Waals surface area contributed by atoms with Gasteiger partial charge in [0.1, 0.15) is 17.3 Å². The number of alkyl halides is 1. The lowest BCUT2D eigenvalue weighted by Crippen LogP contribution is -2.13. The summed E-state index contributed by atoms with van der Waals surface area (Å²) < 4.78 is 5.21. The van der Waals surface area contributed by atoms with Gasteiger partial charge in [-0.15, -0.1) is 11.6 Å². The number of nitrogens with two attached hydrogens (primary N) is 1. The fourth-order valence-electron chi connectivity index (χ4n) is 1.83. The molecule has 2 aromatic rings. The highest BCUT2D eigenvalue weighted by Crippen LogP contribution is 2.28. The Labute approximate surface area is 133 Å². The van der Waals surface area contributed by atoms with Gasteiger partial charge in [0.15, 0.2) is 0 Å². The van der Waals surface area contributed by atoms with E-state index < -0.39 is 0 Å². The van der Waals surface area contributed by atoms with Gasteiger partial charge in [-0.1, -0.05) is 18.2 Å². The van der Waals surface area contributed by atoms with E-state index >= 15 is 0 Å². The Morgan fingerprint density at radius 1 is 1.27 bits per heavy atom. The van der Waals surface area contributed by atoms with Crippen LogP contribution in [-0.4, -0.2) is 24.7 Å². The van der Waals surface area contributed by atoms with Crippen molar-refractivity contribution in [2.45, 2.75) is 0 Å². The number of carbonyl (C=O) groups is 1. The number of nitrogens with zero attached hydrogens (tertiary/aromatic N) is 1. The fraction of sp³-hybridized carbons (Fsp3) is 0.125. The minimum Gasteiger partial charge on any atom is -0.494 e. The van der Waals surface area contributed by atoms with Crippen LogP contribution in [0.4, 0.5) is 11.4 Å². The van der Waals surface area contributed by atoms with Gasteiger partial charge in [0.05, 0.1) is 13.0 Å². The van der Waals surface area contributed by atoms with E-state index in [1.54, 1.807) is 18.2 Å². The average molecular weight is 318 g/mol. The van der Waals surface area contributed by atoms with Crippen LogP contribution in [0.3, 0.4) is 0 Å². The van der Waals surface area contributed by atoms with Gasteiger partial charge in [-0.05, 0) is 30.3 Å². The molecule has 5 nitrogen and oxygen atoms in total. The average Bonchev–Trinajstić information content (AvgIpc) is 2.55. The third-order valence-corrected chi connectivity index (χ3v) is 3.15. The molecule has 0 aliphatic heterocycles. The first kappa shape index (κ1) is 15.9. The molecule has 0 bridgehead atoms. The van der Waals surface area contributed by atoms with Crippen molar-refractivity contribution >= 4 is 34.7 Å². The molecule has 3 N–H and O–H groups in total. The number of ether oxygens (including phenoxy) is 1.